The zero-order valence-electron chi connectivity index (χ0n) is 17.0. The molecule has 1 aliphatic rings. The van der Waals surface area contributed by atoms with Gasteiger partial charge in [-0.2, -0.15) is 0 Å². The molecule has 0 fully saturated rings. The van der Waals surface area contributed by atoms with E-state index in [0.29, 0.717) is 12.4 Å². The SMILES string of the molecule is CCCCCCCCCCCCCCCCOC1=CC(=O)C(=O)C=C1C. The van der Waals surface area contributed by atoms with Crippen LogP contribution in [0.3, 0.4) is 0 Å². The van der Waals surface area contributed by atoms with E-state index in [4.69, 9.17) is 4.74 Å². The van der Waals surface area contributed by atoms with Crippen molar-refractivity contribution in [1.82, 2.24) is 0 Å². The maximum atomic E-state index is 11.4. The minimum Gasteiger partial charge on any atom is -0.493 e. The summed E-state index contributed by atoms with van der Waals surface area (Å²) in [6.45, 7) is 4.70. The Morgan fingerprint density at radius 2 is 1.08 bits per heavy atom. The fourth-order valence-corrected chi connectivity index (χ4v) is 3.28. The van der Waals surface area contributed by atoms with Gasteiger partial charge in [0.15, 0.2) is 0 Å². The van der Waals surface area contributed by atoms with Crippen LogP contribution in [0, 0.1) is 0 Å². The zero-order chi connectivity index (χ0) is 19.0. The van der Waals surface area contributed by atoms with Crippen LogP contribution < -0.4 is 0 Å². The van der Waals surface area contributed by atoms with Crippen molar-refractivity contribution in [3.05, 3.63) is 23.5 Å². The summed E-state index contributed by atoms with van der Waals surface area (Å²) < 4.78 is 5.64. The lowest BCUT2D eigenvalue weighted by Gasteiger charge is -2.13. The summed E-state index contributed by atoms with van der Waals surface area (Å²) >= 11 is 0. The van der Waals surface area contributed by atoms with E-state index in [1.165, 1.54) is 95.6 Å². The molecule has 0 atom stereocenters. The lowest BCUT2D eigenvalue weighted by molar-refractivity contribution is -0.131. The minimum atomic E-state index is -0.480. The van der Waals surface area contributed by atoms with Gasteiger partial charge < -0.3 is 4.74 Å². The Labute approximate surface area is 160 Å². The molecule has 0 amide bonds. The standard InChI is InChI=1S/C23H38O3/c1-3-4-5-6-7-8-9-10-11-12-13-14-15-16-17-26-23-19-22(25)21(24)18-20(23)2/h18-19H,3-17H2,1-2H3. The molecular weight excluding hydrogens is 324 g/mol. The fourth-order valence-electron chi connectivity index (χ4n) is 3.28. The Morgan fingerprint density at radius 3 is 1.58 bits per heavy atom. The largest absolute Gasteiger partial charge is 0.493 e. The summed E-state index contributed by atoms with van der Waals surface area (Å²) in [5.41, 5.74) is 0.750. The van der Waals surface area contributed by atoms with Gasteiger partial charge in [-0.3, -0.25) is 9.59 Å². The normalized spacial score (nSPS) is 14.4. The van der Waals surface area contributed by atoms with E-state index in [9.17, 15) is 9.59 Å². The van der Waals surface area contributed by atoms with Crippen LogP contribution in [0.1, 0.15) is 104 Å². The van der Waals surface area contributed by atoms with Gasteiger partial charge >= 0.3 is 0 Å². The van der Waals surface area contributed by atoms with Crippen LogP contribution in [0.5, 0.6) is 0 Å². The number of hydrogen-bond acceptors (Lipinski definition) is 3. The van der Waals surface area contributed by atoms with Crippen LogP contribution in [-0.2, 0) is 14.3 Å². The molecule has 0 saturated carbocycles. The van der Waals surface area contributed by atoms with Gasteiger partial charge in [-0.05, 0) is 25.0 Å². The van der Waals surface area contributed by atoms with Crippen molar-refractivity contribution in [1.29, 1.82) is 0 Å². The van der Waals surface area contributed by atoms with Crippen molar-refractivity contribution >= 4 is 11.6 Å². The van der Waals surface area contributed by atoms with Gasteiger partial charge in [0.1, 0.15) is 5.76 Å². The van der Waals surface area contributed by atoms with Crippen molar-refractivity contribution in [2.24, 2.45) is 0 Å². The van der Waals surface area contributed by atoms with Crippen LogP contribution >= 0.6 is 0 Å². The van der Waals surface area contributed by atoms with Crippen molar-refractivity contribution in [2.45, 2.75) is 104 Å². The highest BCUT2D eigenvalue weighted by Crippen LogP contribution is 2.17. The number of allylic oxidation sites excluding steroid dienone is 3. The van der Waals surface area contributed by atoms with E-state index in [1.54, 1.807) is 6.92 Å². The molecule has 0 heterocycles. The number of hydrogen-bond donors (Lipinski definition) is 0. The first kappa shape index (κ1) is 22.7. The van der Waals surface area contributed by atoms with Crippen LogP contribution in [0.25, 0.3) is 0 Å². The minimum absolute atomic E-state index is 0.452. The highest BCUT2D eigenvalue weighted by atomic mass is 16.5. The fraction of sp³-hybridized carbons (Fsp3) is 0.739. The summed E-state index contributed by atoms with van der Waals surface area (Å²) in [6.07, 6.45) is 21.4. The third kappa shape index (κ3) is 10.6. The van der Waals surface area contributed by atoms with Crippen LogP contribution in [-0.4, -0.2) is 18.2 Å². The Morgan fingerprint density at radius 1 is 0.654 bits per heavy atom. The Hall–Kier alpha value is -1.38. The lowest BCUT2D eigenvalue weighted by Crippen LogP contribution is -2.15. The van der Waals surface area contributed by atoms with Gasteiger partial charge in [-0.15, -0.1) is 0 Å². The predicted molar refractivity (Wildman–Crippen MR) is 108 cm³/mol. The summed E-state index contributed by atoms with van der Waals surface area (Å²) in [6, 6.07) is 0. The number of carbonyl (C=O) groups excluding carboxylic acids is 2. The molecule has 0 aromatic rings. The third-order valence-corrected chi connectivity index (χ3v) is 5.00. The van der Waals surface area contributed by atoms with E-state index in [1.807, 2.05) is 0 Å². The quantitative estimate of drug-likeness (QED) is 0.180. The molecule has 0 bridgehead atoms. The molecule has 0 aromatic heterocycles. The van der Waals surface area contributed by atoms with Gasteiger partial charge in [0, 0.05) is 6.08 Å². The molecule has 0 unspecified atom stereocenters. The van der Waals surface area contributed by atoms with E-state index >= 15 is 0 Å². The molecule has 0 aromatic carbocycles. The summed E-state index contributed by atoms with van der Waals surface area (Å²) in [4.78, 5) is 22.6. The molecule has 0 N–H and O–H groups in total. The van der Waals surface area contributed by atoms with E-state index in [-0.39, 0.29) is 0 Å². The van der Waals surface area contributed by atoms with E-state index in [0.717, 1.165) is 12.0 Å². The monoisotopic (exact) mass is 362 g/mol. The molecule has 26 heavy (non-hydrogen) atoms. The molecular formula is C23H38O3. The summed E-state index contributed by atoms with van der Waals surface area (Å²) in [7, 11) is 0. The molecule has 0 saturated heterocycles. The maximum absolute atomic E-state index is 11.4. The zero-order valence-corrected chi connectivity index (χ0v) is 17.0. The van der Waals surface area contributed by atoms with Crippen molar-refractivity contribution in [3.63, 3.8) is 0 Å². The average Bonchev–Trinajstić information content (AvgIpc) is 2.62. The summed E-state index contributed by atoms with van der Waals surface area (Å²) in [5.74, 6) is -0.373. The van der Waals surface area contributed by atoms with Crippen LogP contribution in [0.4, 0.5) is 0 Å². The molecule has 0 radical (unpaired) electrons. The molecule has 148 valence electrons. The summed E-state index contributed by atoms with van der Waals surface area (Å²) in [5, 5.41) is 0. The second-order valence-electron chi connectivity index (χ2n) is 7.51. The Bertz CT molecular complexity index is 474. The lowest BCUT2D eigenvalue weighted by atomic mass is 10.0. The van der Waals surface area contributed by atoms with E-state index < -0.39 is 11.6 Å². The predicted octanol–water partition coefficient (Wildman–Crippen LogP) is 6.47. The van der Waals surface area contributed by atoms with Crippen LogP contribution in [0.15, 0.2) is 23.5 Å². The van der Waals surface area contributed by atoms with E-state index in [2.05, 4.69) is 6.92 Å². The maximum Gasteiger partial charge on any atom is 0.229 e. The number of rotatable bonds is 16. The van der Waals surface area contributed by atoms with Crippen LogP contribution in [0.2, 0.25) is 0 Å². The first-order valence-electron chi connectivity index (χ1n) is 10.8. The molecule has 3 nitrogen and oxygen atoms in total. The smallest absolute Gasteiger partial charge is 0.229 e. The van der Waals surface area contributed by atoms with Crippen molar-refractivity contribution in [2.75, 3.05) is 6.61 Å². The topological polar surface area (TPSA) is 43.4 Å². The highest BCUT2D eigenvalue weighted by molar-refractivity contribution is 6.46. The Balaban J connectivity index is 1.85. The van der Waals surface area contributed by atoms with Crippen molar-refractivity contribution in [3.8, 4) is 0 Å². The number of ether oxygens (including phenoxy) is 1. The molecule has 1 rings (SSSR count). The van der Waals surface area contributed by atoms with Gasteiger partial charge in [0.25, 0.3) is 0 Å². The Kier molecular flexibility index (Phi) is 12.9. The molecule has 3 heteroatoms. The molecule has 1 aliphatic carbocycles. The number of ketones is 2. The van der Waals surface area contributed by atoms with Gasteiger partial charge in [0.05, 0.1) is 6.61 Å². The number of unbranched alkanes of at least 4 members (excludes halogenated alkanes) is 13. The average molecular weight is 363 g/mol. The molecule has 0 aliphatic heterocycles. The van der Waals surface area contributed by atoms with Gasteiger partial charge in [-0.1, -0.05) is 90.4 Å². The van der Waals surface area contributed by atoms with Gasteiger partial charge in [0.2, 0.25) is 11.6 Å². The first-order valence-corrected chi connectivity index (χ1v) is 10.8. The van der Waals surface area contributed by atoms with Gasteiger partial charge in [-0.25, -0.2) is 0 Å². The first-order chi connectivity index (χ1) is 12.6. The second kappa shape index (κ2) is 14.8. The number of carbonyl (C=O) groups is 2. The highest BCUT2D eigenvalue weighted by Gasteiger charge is 2.18. The second-order valence-corrected chi connectivity index (χ2v) is 7.51. The molecule has 0 spiro atoms. The third-order valence-electron chi connectivity index (χ3n) is 5.00. The van der Waals surface area contributed by atoms with Crippen molar-refractivity contribution < 1.29 is 14.3 Å².